The van der Waals surface area contributed by atoms with Crippen molar-refractivity contribution in [1.29, 1.82) is 0 Å². The van der Waals surface area contributed by atoms with Gasteiger partial charge in [-0.2, -0.15) is 0 Å². The van der Waals surface area contributed by atoms with Gasteiger partial charge in [0.15, 0.2) is 0 Å². The van der Waals surface area contributed by atoms with E-state index < -0.39 is 0 Å². The van der Waals surface area contributed by atoms with Gasteiger partial charge in [0.25, 0.3) is 0 Å². The van der Waals surface area contributed by atoms with Gasteiger partial charge in [0, 0.05) is 19.6 Å². The standard InChI is InChI=1S/C16H22N2/c1-3-13(14-5-6-14)4-2-12(1)9-18-10-15-7-17-8-16(15)11-18/h1-4,14-17H,5-11H2/t15-,16+. The van der Waals surface area contributed by atoms with Crippen molar-refractivity contribution in [2.75, 3.05) is 26.2 Å². The molecule has 2 atom stereocenters. The molecule has 2 nitrogen and oxygen atoms in total. The van der Waals surface area contributed by atoms with Crippen LogP contribution in [0.25, 0.3) is 0 Å². The molecule has 1 N–H and O–H groups in total. The average Bonchev–Trinajstić information content (AvgIpc) is 3.02. The molecule has 96 valence electrons. The summed E-state index contributed by atoms with van der Waals surface area (Å²) in [4.78, 5) is 2.64. The molecule has 4 rings (SSSR count). The Morgan fingerprint density at radius 1 is 1.00 bits per heavy atom. The van der Waals surface area contributed by atoms with E-state index in [-0.39, 0.29) is 0 Å². The van der Waals surface area contributed by atoms with Crippen molar-refractivity contribution in [3.63, 3.8) is 0 Å². The first kappa shape index (κ1) is 11.0. The molecule has 1 saturated carbocycles. The molecule has 0 amide bonds. The highest BCUT2D eigenvalue weighted by atomic mass is 15.2. The van der Waals surface area contributed by atoms with E-state index in [0.29, 0.717) is 0 Å². The second-order valence-corrected chi connectivity index (χ2v) is 6.39. The molecular weight excluding hydrogens is 220 g/mol. The van der Waals surface area contributed by atoms with Crippen LogP contribution in [-0.2, 0) is 6.54 Å². The molecule has 0 aromatic heterocycles. The molecule has 2 saturated heterocycles. The second-order valence-electron chi connectivity index (χ2n) is 6.39. The van der Waals surface area contributed by atoms with Gasteiger partial charge in [-0.05, 0) is 54.8 Å². The lowest BCUT2D eigenvalue weighted by molar-refractivity contribution is 0.305. The van der Waals surface area contributed by atoms with Crippen molar-refractivity contribution < 1.29 is 0 Å². The van der Waals surface area contributed by atoms with Crippen molar-refractivity contribution in [2.24, 2.45) is 11.8 Å². The van der Waals surface area contributed by atoms with E-state index in [1.807, 2.05) is 0 Å². The summed E-state index contributed by atoms with van der Waals surface area (Å²) in [7, 11) is 0. The van der Waals surface area contributed by atoms with Crippen molar-refractivity contribution in [1.82, 2.24) is 10.2 Å². The van der Waals surface area contributed by atoms with Gasteiger partial charge in [0.1, 0.15) is 0 Å². The fourth-order valence-electron chi connectivity index (χ4n) is 3.65. The molecule has 1 aliphatic carbocycles. The van der Waals surface area contributed by atoms with Crippen LogP contribution < -0.4 is 5.32 Å². The van der Waals surface area contributed by atoms with Crippen LogP contribution in [-0.4, -0.2) is 31.1 Å². The molecule has 0 unspecified atom stereocenters. The van der Waals surface area contributed by atoms with Gasteiger partial charge < -0.3 is 5.32 Å². The summed E-state index contributed by atoms with van der Waals surface area (Å²) in [6.45, 7) is 6.21. The van der Waals surface area contributed by atoms with Crippen molar-refractivity contribution in [3.05, 3.63) is 35.4 Å². The van der Waals surface area contributed by atoms with Gasteiger partial charge in [0.05, 0.1) is 0 Å². The minimum Gasteiger partial charge on any atom is -0.316 e. The third-order valence-corrected chi connectivity index (χ3v) is 4.90. The van der Waals surface area contributed by atoms with Gasteiger partial charge in [-0.1, -0.05) is 24.3 Å². The summed E-state index contributed by atoms with van der Waals surface area (Å²) < 4.78 is 0. The predicted molar refractivity (Wildman–Crippen MR) is 73.5 cm³/mol. The molecule has 0 spiro atoms. The Balaban J connectivity index is 1.39. The highest BCUT2D eigenvalue weighted by molar-refractivity contribution is 5.28. The Labute approximate surface area is 109 Å². The van der Waals surface area contributed by atoms with Crippen LogP contribution in [0.5, 0.6) is 0 Å². The topological polar surface area (TPSA) is 15.3 Å². The number of hydrogen-bond donors (Lipinski definition) is 1. The number of nitrogens with zero attached hydrogens (tertiary/aromatic N) is 1. The summed E-state index contributed by atoms with van der Waals surface area (Å²) in [6, 6.07) is 9.40. The Morgan fingerprint density at radius 2 is 1.67 bits per heavy atom. The minimum absolute atomic E-state index is 0.885. The SMILES string of the molecule is c1cc(C2CC2)ccc1CN1C[C@H]2CNC[C@H]2C1. The molecule has 2 heterocycles. The zero-order valence-electron chi connectivity index (χ0n) is 10.9. The molecule has 2 heteroatoms. The normalized spacial score (nSPS) is 31.8. The van der Waals surface area contributed by atoms with Crippen molar-refractivity contribution in [2.45, 2.75) is 25.3 Å². The van der Waals surface area contributed by atoms with Gasteiger partial charge >= 0.3 is 0 Å². The van der Waals surface area contributed by atoms with E-state index >= 15 is 0 Å². The van der Waals surface area contributed by atoms with Crippen LogP contribution in [0, 0.1) is 11.8 Å². The number of nitrogens with one attached hydrogen (secondary N) is 1. The molecule has 2 aliphatic heterocycles. The van der Waals surface area contributed by atoms with E-state index in [1.165, 1.54) is 44.6 Å². The van der Waals surface area contributed by atoms with Gasteiger partial charge in [0.2, 0.25) is 0 Å². The Bertz CT molecular complexity index is 409. The van der Waals surface area contributed by atoms with Crippen LogP contribution in [0.1, 0.15) is 29.9 Å². The second kappa shape index (κ2) is 4.36. The Morgan fingerprint density at radius 3 is 2.28 bits per heavy atom. The van der Waals surface area contributed by atoms with Crippen LogP contribution >= 0.6 is 0 Å². The zero-order chi connectivity index (χ0) is 11.9. The summed E-state index contributed by atoms with van der Waals surface area (Å²) in [6.07, 6.45) is 2.81. The van der Waals surface area contributed by atoms with E-state index in [0.717, 1.165) is 24.3 Å². The Hall–Kier alpha value is -0.860. The third-order valence-electron chi connectivity index (χ3n) is 4.90. The minimum atomic E-state index is 0.885. The fraction of sp³-hybridized carbons (Fsp3) is 0.625. The first-order valence-electron chi connectivity index (χ1n) is 7.40. The maximum absolute atomic E-state index is 3.51. The van der Waals surface area contributed by atoms with Crippen LogP contribution in [0.4, 0.5) is 0 Å². The molecule has 3 aliphatic rings. The maximum atomic E-state index is 3.51. The fourth-order valence-corrected chi connectivity index (χ4v) is 3.65. The molecule has 0 bridgehead atoms. The highest BCUT2D eigenvalue weighted by Crippen LogP contribution is 2.40. The Kier molecular flexibility index (Phi) is 2.66. The van der Waals surface area contributed by atoms with Crippen LogP contribution in [0.2, 0.25) is 0 Å². The number of benzene rings is 1. The number of rotatable bonds is 3. The van der Waals surface area contributed by atoms with Gasteiger partial charge in [-0.25, -0.2) is 0 Å². The predicted octanol–water partition coefficient (Wildman–Crippen LogP) is 2.22. The smallest absolute Gasteiger partial charge is 0.0233 e. The first-order chi connectivity index (χ1) is 8.88. The van der Waals surface area contributed by atoms with E-state index in [1.54, 1.807) is 5.56 Å². The number of likely N-dealkylation sites (tertiary alicyclic amines) is 1. The average molecular weight is 242 g/mol. The van der Waals surface area contributed by atoms with Crippen molar-refractivity contribution in [3.8, 4) is 0 Å². The lowest BCUT2D eigenvalue weighted by Crippen LogP contribution is -2.25. The molecule has 18 heavy (non-hydrogen) atoms. The van der Waals surface area contributed by atoms with E-state index in [4.69, 9.17) is 0 Å². The summed E-state index contributed by atoms with van der Waals surface area (Å²) in [5, 5.41) is 3.51. The third kappa shape index (κ3) is 2.08. The monoisotopic (exact) mass is 242 g/mol. The molecule has 0 radical (unpaired) electrons. The quantitative estimate of drug-likeness (QED) is 0.874. The number of fused-ring (bicyclic) bond motifs is 1. The highest BCUT2D eigenvalue weighted by Gasteiger charge is 2.35. The van der Waals surface area contributed by atoms with Gasteiger partial charge in [-0.3, -0.25) is 4.90 Å². The number of hydrogen-bond acceptors (Lipinski definition) is 2. The maximum Gasteiger partial charge on any atom is 0.0233 e. The zero-order valence-corrected chi connectivity index (χ0v) is 10.9. The van der Waals surface area contributed by atoms with Crippen molar-refractivity contribution >= 4 is 0 Å². The summed E-state index contributed by atoms with van der Waals surface area (Å²) >= 11 is 0. The van der Waals surface area contributed by atoms with Crippen LogP contribution in [0.15, 0.2) is 24.3 Å². The largest absolute Gasteiger partial charge is 0.316 e. The molecule has 1 aromatic rings. The summed E-state index contributed by atoms with van der Waals surface area (Å²) in [5.74, 6) is 2.71. The summed E-state index contributed by atoms with van der Waals surface area (Å²) in [5.41, 5.74) is 3.05. The van der Waals surface area contributed by atoms with E-state index in [2.05, 4.69) is 34.5 Å². The molecule has 3 fully saturated rings. The molecular formula is C16H22N2. The molecule has 1 aromatic carbocycles. The lowest BCUT2D eigenvalue weighted by Gasteiger charge is -2.17. The first-order valence-corrected chi connectivity index (χ1v) is 7.40. The van der Waals surface area contributed by atoms with Crippen LogP contribution in [0.3, 0.4) is 0 Å². The lowest BCUT2D eigenvalue weighted by atomic mass is 10.0. The van der Waals surface area contributed by atoms with Gasteiger partial charge in [-0.15, -0.1) is 0 Å². The van der Waals surface area contributed by atoms with E-state index in [9.17, 15) is 0 Å².